The highest BCUT2D eigenvalue weighted by molar-refractivity contribution is 6.22. The summed E-state index contributed by atoms with van der Waals surface area (Å²) in [5.74, 6) is -6.90. The van der Waals surface area contributed by atoms with E-state index in [4.69, 9.17) is 11.5 Å². The van der Waals surface area contributed by atoms with Crippen molar-refractivity contribution in [2.45, 2.75) is 19.3 Å². The van der Waals surface area contributed by atoms with E-state index in [1.165, 1.54) is 12.1 Å². The van der Waals surface area contributed by atoms with Crippen molar-refractivity contribution in [3.05, 3.63) is 51.5 Å². The summed E-state index contributed by atoms with van der Waals surface area (Å²) < 4.78 is 0. The van der Waals surface area contributed by atoms with Crippen molar-refractivity contribution in [2.24, 2.45) is 29.2 Å². The summed E-state index contributed by atoms with van der Waals surface area (Å²) in [5.41, 5.74) is 10.2. The molecule has 1 aromatic carbocycles. The van der Waals surface area contributed by atoms with E-state index >= 15 is 0 Å². The average molecular weight is 398 g/mol. The third kappa shape index (κ3) is 2.54. The van der Waals surface area contributed by atoms with Gasteiger partial charge in [0.15, 0.2) is 11.6 Å². The highest BCUT2D eigenvalue weighted by atomic mass is 16.3. The van der Waals surface area contributed by atoms with Crippen LogP contribution in [-0.2, 0) is 16.0 Å². The van der Waals surface area contributed by atoms with Crippen molar-refractivity contribution in [3.8, 4) is 5.75 Å². The number of allylic oxidation sites excluding steroid dienone is 3. The lowest BCUT2D eigenvalue weighted by molar-refractivity contribution is -0.126. The Morgan fingerprint density at radius 3 is 2.31 bits per heavy atom. The average Bonchev–Trinajstić information content (AvgIpc) is 2.60. The number of phenols is 1. The first kappa shape index (κ1) is 18.7. The van der Waals surface area contributed by atoms with E-state index < -0.39 is 58.2 Å². The molecule has 2 amide bonds. The normalized spacial score (nSPS) is 26.0. The number of hydrogen-bond donors (Lipinski definition) is 5. The Labute approximate surface area is 164 Å². The van der Waals surface area contributed by atoms with Gasteiger partial charge >= 0.3 is 0 Å². The van der Waals surface area contributed by atoms with Gasteiger partial charge in [0, 0.05) is 17.6 Å². The number of nitrogens with two attached hydrogens (primary N) is 2. The molecule has 3 aliphatic carbocycles. The second-order valence-electron chi connectivity index (χ2n) is 7.61. The van der Waals surface area contributed by atoms with E-state index in [1.807, 2.05) is 0 Å². The number of aliphatic hydroxyl groups excluding tert-OH is 2. The van der Waals surface area contributed by atoms with Crippen molar-refractivity contribution < 1.29 is 34.5 Å². The van der Waals surface area contributed by atoms with Crippen LogP contribution < -0.4 is 11.5 Å². The Morgan fingerprint density at radius 1 is 1.00 bits per heavy atom. The number of phenolic OH excluding ortho intramolecular Hbond substituents is 1. The smallest absolute Gasteiger partial charge is 0.255 e. The summed E-state index contributed by atoms with van der Waals surface area (Å²) in [6.07, 6.45) is 0.356. The van der Waals surface area contributed by atoms with E-state index in [-0.39, 0.29) is 41.7 Å². The molecule has 0 saturated heterocycles. The number of carbonyl (C=O) groups excluding carboxylic acids is 4. The van der Waals surface area contributed by atoms with Crippen molar-refractivity contribution in [1.82, 2.24) is 0 Å². The number of ketones is 2. The van der Waals surface area contributed by atoms with Gasteiger partial charge in [-0.3, -0.25) is 19.2 Å². The molecule has 0 aliphatic heterocycles. The van der Waals surface area contributed by atoms with Crippen LogP contribution in [0.2, 0.25) is 0 Å². The topological polar surface area (TPSA) is 181 Å². The van der Waals surface area contributed by atoms with Crippen LogP contribution in [0.25, 0.3) is 0 Å². The first-order valence-corrected chi connectivity index (χ1v) is 9.01. The van der Waals surface area contributed by atoms with Gasteiger partial charge in [-0.15, -0.1) is 0 Å². The van der Waals surface area contributed by atoms with Crippen LogP contribution in [0.1, 0.15) is 39.1 Å². The van der Waals surface area contributed by atoms with Crippen LogP contribution in [-0.4, -0.2) is 38.7 Å². The number of amides is 2. The molecular formula is C20H18N2O7. The van der Waals surface area contributed by atoms with E-state index in [2.05, 4.69) is 0 Å². The highest BCUT2D eigenvalue weighted by Gasteiger charge is 2.50. The number of carbonyl (C=O) groups is 4. The number of Topliss-reactive ketones (excluding diaryl/α,β-unsaturated/α-hetero) is 2. The number of primary amides is 2. The molecule has 0 fully saturated rings. The first-order valence-electron chi connectivity index (χ1n) is 9.01. The fourth-order valence-electron chi connectivity index (χ4n) is 4.87. The fraction of sp³-hybridized carbons (Fsp3) is 0.300. The minimum absolute atomic E-state index is 0.0331. The van der Waals surface area contributed by atoms with Crippen LogP contribution >= 0.6 is 0 Å². The van der Waals surface area contributed by atoms with E-state index in [0.29, 0.717) is 5.56 Å². The van der Waals surface area contributed by atoms with Crippen LogP contribution in [0.4, 0.5) is 0 Å². The Kier molecular flexibility index (Phi) is 4.00. The monoisotopic (exact) mass is 398 g/mol. The number of aromatic hydroxyl groups is 1. The molecule has 0 aromatic heterocycles. The number of aliphatic hydroxyl groups is 2. The maximum atomic E-state index is 13.1. The number of rotatable bonds is 2. The zero-order valence-electron chi connectivity index (χ0n) is 15.1. The molecule has 4 rings (SSSR count). The van der Waals surface area contributed by atoms with Crippen molar-refractivity contribution in [3.63, 3.8) is 0 Å². The molecule has 0 saturated carbocycles. The molecule has 29 heavy (non-hydrogen) atoms. The third-order valence-electron chi connectivity index (χ3n) is 6.04. The quantitative estimate of drug-likeness (QED) is 0.451. The van der Waals surface area contributed by atoms with Gasteiger partial charge in [0.25, 0.3) is 5.91 Å². The van der Waals surface area contributed by atoms with Gasteiger partial charge in [0.05, 0.1) is 11.5 Å². The first-order chi connectivity index (χ1) is 13.6. The van der Waals surface area contributed by atoms with Crippen LogP contribution in [0.5, 0.6) is 5.75 Å². The second-order valence-corrected chi connectivity index (χ2v) is 7.61. The maximum Gasteiger partial charge on any atom is 0.255 e. The van der Waals surface area contributed by atoms with E-state index in [0.717, 1.165) is 0 Å². The molecule has 9 nitrogen and oxygen atoms in total. The Bertz CT molecular complexity index is 1080. The third-order valence-corrected chi connectivity index (χ3v) is 6.04. The van der Waals surface area contributed by atoms with Gasteiger partial charge in [-0.05, 0) is 42.4 Å². The highest BCUT2D eigenvalue weighted by Crippen LogP contribution is 2.49. The molecule has 0 spiro atoms. The largest absolute Gasteiger partial charge is 0.511 e. The predicted octanol–water partition coefficient (Wildman–Crippen LogP) is 0.564. The summed E-state index contributed by atoms with van der Waals surface area (Å²) in [4.78, 5) is 49.2. The Balaban J connectivity index is 1.88. The van der Waals surface area contributed by atoms with Crippen LogP contribution in [0.3, 0.4) is 0 Å². The molecule has 0 bridgehead atoms. The van der Waals surface area contributed by atoms with Gasteiger partial charge in [0.1, 0.15) is 22.8 Å². The number of fused-ring (bicyclic) bond motifs is 3. The van der Waals surface area contributed by atoms with Crippen molar-refractivity contribution in [2.75, 3.05) is 0 Å². The minimum atomic E-state index is -1.17. The molecule has 3 aliphatic rings. The summed E-state index contributed by atoms with van der Waals surface area (Å²) in [7, 11) is 0. The molecule has 3 atom stereocenters. The molecule has 1 aromatic rings. The second kappa shape index (κ2) is 6.20. The number of benzene rings is 1. The van der Waals surface area contributed by atoms with Crippen molar-refractivity contribution in [1.29, 1.82) is 0 Å². The lowest BCUT2D eigenvalue weighted by Gasteiger charge is -2.40. The molecule has 0 radical (unpaired) electrons. The van der Waals surface area contributed by atoms with Gasteiger partial charge in [-0.2, -0.15) is 0 Å². The van der Waals surface area contributed by atoms with E-state index in [9.17, 15) is 34.5 Å². The SMILES string of the molecule is NC(=O)C1=C(O)CC2CC3Cc4c(C(N)=O)ccc(O)c4C(=O)C3=C(O)C2C1=O. The van der Waals surface area contributed by atoms with Gasteiger partial charge in [-0.25, -0.2) is 0 Å². The summed E-state index contributed by atoms with van der Waals surface area (Å²) >= 11 is 0. The maximum absolute atomic E-state index is 13.1. The molecule has 3 unspecified atom stereocenters. The number of hydrogen-bond acceptors (Lipinski definition) is 7. The predicted molar refractivity (Wildman–Crippen MR) is 97.9 cm³/mol. The molecule has 9 heteroatoms. The minimum Gasteiger partial charge on any atom is -0.511 e. The van der Waals surface area contributed by atoms with Crippen LogP contribution in [0.15, 0.2) is 34.8 Å². The standard InChI is InChI=1S/C20H18N2O7/c21-19(28)8-1-2-10(23)14-9(8)4-6-3-7-5-11(24)15(20(22)29)18(27)13(7)16(25)12(6)17(14)26/h1-2,6-7,13,23-25H,3-5H2,(H2,21,28)(H2,22,29). The molecule has 150 valence electrons. The lowest BCUT2D eigenvalue weighted by Crippen LogP contribution is -2.43. The van der Waals surface area contributed by atoms with Gasteiger partial charge in [-0.1, -0.05) is 0 Å². The van der Waals surface area contributed by atoms with Gasteiger partial charge < -0.3 is 26.8 Å². The zero-order chi connectivity index (χ0) is 21.2. The summed E-state index contributed by atoms with van der Waals surface area (Å²) in [5, 5.41) is 31.1. The molecule has 0 heterocycles. The summed E-state index contributed by atoms with van der Waals surface area (Å²) in [6.45, 7) is 0. The lowest BCUT2D eigenvalue weighted by atomic mass is 9.62. The zero-order valence-corrected chi connectivity index (χ0v) is 15.1. The van der Waals surface area contributed by atoms with Gasteiger partial charge in [0.2, 0.25) is 5.91 Å². The fourth-order valence-corrected chi connectivity index (χ4v) is 4.87. The summed E-state index contributed by atoms with van der Waals surface area (Å²) in [6, 6.07) is 2.51. The molecular weight excluding hydrogens is 380 g/mol. The van der Waals surface area contributed by atoms with E-state index in [1.54, 1.807) is 0 Å². The Hall–Kier alpha value is -3.62. The van der Waals surface area contributed by atoms with Crippen LogP contribution in [0, 0.1) is 17.8 Å². The molecule has 7 N–H and O–H groups in total. The Morgan fingerprint density at radius 2 is 1.69 bits per heavy atom. The van der Waals surface area contributed by atoms with Crippen molar-refractivity contribution >= 4 is 23.4 Å².